The number of benzene rings is 2. The number of nitrogens with one attached hydrogen (secondary N) is 1. The lowest BCUT2D eigenvalue weighted by Gasteiger charge is -2.18. The molecule has 0 spiro atoms. The Hall–Kier alpha value is -2.73. The lowest BCUT2D eigenvalue weighted by atomic mass is 10.2. The molecule has 1 saturated heterocycles. The van der Waals surface area contributed by atoms with Gasteiger partial charge in [-0.1, -0.05) is 17.7 Å². The molecule has 0 saturated carbocycles. The predicted octanol–water partition coefficient (Wildman–Crippen LogP) is 2.65. The molecule has 1 N–H and O–H groups in total. The zero-order chi connectivity index (χ0) is 18.5. The second kappa shape index (κ2) is 8.10. The Morgan fingerprint density at radius 3 is 2.73 bits per heavy atom. The molecule has 136 valence electrons. The number of amides is 2. The van der Waals surface area contributed by atoms with Crippen LogP contribution in [-0.2, 0) is 9.59 Å². The number of hydrogen-bond donors (Lipinski definition) is 1. The molecule has 1 atom stereocenters. The highest BCUT2D eigenvalue weighted by Gasteiger charge is 2.31. The van der Waals surface area contributed by atoms with Crippen LogP contribution in [0.1, 0.15) is 6.42 Å². The van der Waals surface area contributed by atoms with E-state index in [2.05, 4.69) is 5.32 Å². The topological polar surface area (TPSA) is 67.9 Å². The lowest BCUT2D eigenvalue weighted by molar-refractivity contribution is -0.123. The van der Waals surface area contributed by atoms with Crippen molar-refractivity contribution in [2.24, 2.45) is 0 Å². The summed E-state index contributed by atoms with van der Waals surface area (Å²) in [6, 6.07) is 13.8. The van der Waals surface area contributed by atoms with Crippen molar-refractivity contribution in [3.05, 3.63) is 53.6 Å². The highest BCUT2D eigenvalue weighted by Crippen LogP contribution is 2.25. The number of carbonyl (C=O) groups is 2. The molecule has 2 aromatic carbocycles. The molecule has 0 aliphatic carbocycles. The maximum absolute atomic E-state index is 12.3. The van der Waals surface area contributed by atoms with Gasteiger partial charge in [0.1, 0.15) is 11.5 Å². The van der Waals surface area contributed by atoms with E-state index in [4.69, 9.17) is 21.1 Å². The van der Waals surface area contributed by atoms with E-state index in [0.29, 0.717) is 23.1 Å². The maximum atomic E-state index is 12.3. The molecule has 1 unspecified atom stereocenters. The molecule has 1 heterocycles. The first kappa shape index (κ1) is 18.1. The predicted molar refractivity (Wildman–Crippen MR) is 98.8 cm³/mol. The van der Waals surface area contributed by atoms with Gasteiger partial charge in [-0.25, -0.2) is 0 Å². The molecule has 2 amide bonds. The zero-order valence-corrected chi connectivity index (χ0v) is 15.0. The van der Waals surface area contributed by atoms with Crippen molar-refractivity contribution in [1.29, 1.82) is 0 Å². The van der Waals surface area contributed by atoms with Crippen molar-refractivity contribution in [3.8, 4) is 11.5 Å². The Morgan fingerprint density at radius 2 is 2.00 bits per heavy atom. The van der Waals surface area contributed by atoms with Crippen molar-refractivity contribution in [2.75, 3.05) is 25.2 Å². The third kappa shape index (κ3) is 4.46. The van der Waals surface area contributed by atoms with Gasteiger partial charge in [0.2, 0.25) is 5.91 Å². The summed E-state index contributed by atoms with van der Waals surface area (Å²) < 4.78 is 10.6. The summed E-state index contributed by atoms with van der Waals surface area (Å²) in [5.74, 6) is 0.927. The van der Waals surface area contributed by atoms with Crippen LogP contribution in [0.4, 0.5) is 5.69 Å². The molecule has 3 rings (SSSR count). The summed E-state index contributed by atoms with van der Waals surface area (Å²) in [7, 11) is 1.58. The van der Waals surface area contributed by atoms with Crippen molar-refractivity contribution >= 4 is 29.1 Å². The summed E-state index contributed by atoms with van der Waals surface area (Å²) in [4.78, 5) is 26.0. The minimum Gasteiger partial charge on any atom is -0.497 e. The van der Waals surface area contributed by atoms with Crippen molar-refractivity contribution in [1.82, 2.24) is 5.32 Å². The quantitative estimate of drug-likeness (QED) is 0.844. The second-order valence-corrected chi connectivity index (χ2v) is 6.35. The first-order valence-electron chi connectivity index (χ1n) is 8.17. The number of carbonyl (C=O) groups excluding carboxylic acids is 2. The molecule has 0 bridgehead atoms. The largest absolute Gasteiger partial charge is 0.497 e. The van der Waals surface area contributed by atoms with Gasteiger partial charge in [-0.3, -0.25) is 9.59 Å². The van der Waals surface area contributed by atoms with Crippen LogP contribution in [0.15, 0.2) is 48.5 Å². The van der Waals surface area contributed by atoms with Crippen LogP contribution in [0.5, 0.6) is 11.5 Å². The fourth-order valence-corrected chi connectivity index (χ4v) is 2.91. The van der Waals surface area contributed by atoms with Crippen LogP contribution >= 0.6 is 11.6 Å². The van der Waals surface area contributed by atoms with E-state index >= 15 is 0 Å². The van der Waals surface area contributed by atoms with E-state index < -0.39 is 0 Å². The Balaban J connectivity index is 1.53. The molecule has 0 radical (unpaired) electrons. The smallest absolute Gasteiger partial charge is 0.258 e. The van der Waals surface area contributed by atoms with Crippen LogP contribution in [-0.4, -0.2) is 38.1 Å². The number of hydrogen-bond acceptors (Lipinski definition) is 4. The standard InChI is InChI=1S/C19H19ClN2O4/c1-25-17-4-2-3-15(10-17)22-11-14(9-19(22)24)21-18(23)12-26-16-7-5-13(20)6-8-16/h2-8,10,14H,9,11-12H2,1H3,(H,21,23). The normalized spacial score (nSPS) is 16.5. The van der Waals surface area contributed by atoms with Gasteiger partial charge in [-0.05, 0) is 36.4 Å². The fourth-order valence-electron chi connectivity index (χ4n) is 2.78. The van der Waals surface area contributed by atoms with Gasteiger partial charge in [0.05, 0.1) is 13.2 Å². The number of rotatable bonds is 6. The third-order valence-electron chi connectivity index (χ3n) is 4.04. The minimum absolute atomic E-state index is 0.0397. The van der Waals surface area contributed by atoms with Crippen molar-refractivity contribution in [2.45, 2.75) is 12.5 Å². The first-order valence-corrected chi connectivity index (χ1v) is 8.55. The number of ether oxygens (including phenoxy) is 2. The maximum Gasteiger partial charge on any atom is 0.258 e. The fraction of sp³-hybridized carbons (Fsp3) is 0.263. The molecule has 1 aliphatic rings. The SMILES string of the molecule is COc1cccc(N2CC(NC(=O)COc3ccc(Cl)cc3)CC2=O)c1. The highest BCUT2D eigenvalue weighted by atomic mass is 35.5. The van der Waals surface area contributed by atoms with Gasteiger partial charge in [0, 0.05) is 29.7 Å². The Bertz CT molecular complexity index is 794. The third-order valence-corrected chi connectivity index (χ3v) is 4.29. The van der Waals surface area contributed by atoms with Crippen molar-refractivity contribution in [3.63, 3.8) is 0 Å². The average molecular weight is 375 g/mol. The molecule has 1 fully saturated rings. The Labute approximate surface area is 156 Å². The molecule has 0 aromatic heterocycles. The average Bonchev–Trinajstić information content (AvgIpc) is 3.01. The molecule has 7 heteroatoms. The molecule has 26 heavy (non-hydrogen) atoms. The number of halogens is 1. The van der Waals surface area contributed by atoms with E-state index in [-0.39, 0.29) is 30.9 Å². The highest BCUT2D eigenvalue weighted by molar-refractivity contribution is 6.30. The molecule has 6 nitrogen and oxygen atoms in total. The van der Waals surface area contributed by atoms with Gasteiger partial charge in [-0.15, -0.1) is 0 Å². The minimum atomic E-state index is -0.273. The first-order chi connectivity index (χ1) is 12.5. The number of methoxy groups -OCH3 is 1. The van der Waals surface area contributed by atoms with E-state index in [9.17, 15) is 9.59 Å². The van der Waals surface area contributed by atoms with Gasteiger partial charge < -0.3 is 19.7 Å². The summed E-state index contributed by atoms with van der Waals surface area (Å²) >= 11 is 5.81. The lowest BCUT2D eigenvalue weighted by Crippen LogP contribution is -2.39. The number of nitrogens with zero attached hydrogens (tertiary/aromatic N) is 1. The van der Waals surface area contributed by atoms with Gasteiger partial charge in [0.25, 0.3) is 5.91 Å². The van der Waals surface area contributed by atoms with Crippen LogP contribution in [0, 0.1) is 0 Å². The van der Waals surface area contributed by atoms with Gasteiger partial charge in [-0.2, -0.15) is 0 Å². The summed E-state index contributed by atoms with van der Waals surface area (Å²) in [6.45, 7) is 0.296. The van der Waals surface area contributed by atoms with Crippen LogP contribution < -0.4 is 19.7 Å². The molecular formula is C19H19ClN2O4. The monoisotopic (exact) mass is 374 g/mol. The molecular weight excluding hydrogens is 356 g/mol. The van der Waals surface area contributed by atoms with Crippen molar-refractivity contribution < 1.29 is 19.1 Å². The second-order valence-electron chi connectivity index (χ2n) is 5.92. The van der Waals surface area contributed by atoms with E-state index in [1.807, 2.05) is 18.2 Å². The molecule has 1 aliphatic heterocycles. The van der Waals surface area contributed by atoms with E-state index in [1.54, 1.807) is 42.3 Å². The Morgan fingerprint density at radius 1 is 1.23 bits per heavy atom. The summed E-state index contributed by atoms with van der Waals surface area (Å²) in [5.41, 5.74) is 0.753. The van der Waals surface area contributed by atoms with Gasteiger partial charge >= 0.3 is 0 Å². The zero-order valence-electron chi connectivity index (χ0n) is 14.3. The summed E-state index contributed by atoms with van der Waals surface area (Å²) in [6.07, 6.45) is 0.254. The van der Waals surface area contributed by atoms with E-state index in [0.717, 1.165) is 5.69 Å². The van der Waals surface area contributed by atoms with Crippen LogP contribution in [0.25, 0.3) is 0 Å². The number of anilines is 1. The van der Waals surface area contributed by atoms with Gasteiger partial charge in [0.15, 0.2) is 6.61 Å². The molecule has 2 aromatic rings. The van der Waals surface area contributed by atoms with E-state index in [1.165, 1.54) is 0 Å². The Kier molecular flexibility index (Phi) is 5.63. The van der Waals surface area contributed by atoms with Crippen LogP contribution in [0.3, 0.4) is 0 Å². The summed E-state index contributed by atoms with van der Waals surface area (Å²) in [5, 5.41) is 3.44. The van der Waals surface area contributed by atoms with Crippen LogP contribution in [0.2, 0.25) is 5.02 Å².